The highest BCUT2D eigenvalue weighted by molar-refractivity contribution is 9.11. The van der Waals surface area contributed by atoms with Crippen molar-refractivity contribution in [1.29, 1.82) is 0 Å². The van der Waals surface area contributed by atoms with E-state index < -0.39 is 5.82 Å². The Hall–Kier alpha value is -2.58. The van der Waals surface area contributed by atoms with E-state index in [9.17, 15) is 9.18 Å². The van der Waals surface area contributed by atoms with Crippen LogP contribution in [0.3, 0.4) is 0 Å². The molecule has 0 radical (unpaired) electrons. The summed E-state index contributed by atoms with van der Waals surface area (Å²) in [5, 5.41) is 8.25. The summed E-state index contributed by atoms with van der Waals surface area (Å²) in [5.41, 5.74) is 5.17. The third-order valence-electron chi connectivity index (χ3n) is 4.74. The summed E-state index contributed by atoms with van der Waals surface area (Å²) in [6, 6.07) is 12.8. The number of fused-ring (bicyclic) bond motifs is 1. The van der Waals surface area contributed by atoms with Crippen molar-refractivity contribution in [2.75, 3.05) is 5.32 Å². The van der Waals surface area contributed by atoms with Crippen molar-refractivity contribution in [1.82, 2.24) is 14.8 Å². The highest BCUT2D eigenvalue weighted by Gasteiger charge is 2.17. The summed E-state index contributed by atoms with van der Waals surface area (Å²) in [6.45, 7) is 3.93. The SMILES string of the molecule is Cc1ccc(-c2ccnc3c2c(C)nn3CC(=O)Nc2c(Br)cc(F)cc2Br)cc1. The van der Waals surface area contributed by atoms with Gasteiger partial charge < -0.3 is 5.32 Å². The zero-order valence-corrected chi connectivity index (χ0v) is 19.4. The number of amides is 1. The minimum Gasteiger partial charge on any atom is -0.323 e. The molecule has 2 aromatic heterocycles. The Morgan fingerprint density at radius 1 is 1.10 bits per heavy atom. The minimum absolute atomic E-state index is 0.0229. The molecule has 8 heteroatoms. The molecule has 4 aromatic rings. The fourth-order valence-electron chi connectivity index (χ4n) is 3.34. The summed E-state index contributed by atoms with van der Waals surface area (Å²) in [7, 11) is 0. The van der Waals surface area contributed by atoms with Gasteiger partial charge >= 0.3 is 0 Å². The van der Waals surface area contributed by atoms with Gasteiger partial charge in [0.25, 0.3) is 0 Å². The van der Waals surface area contributed by atoms with Crippen molar-refractivity contribution < 1.29 is 9.18 Å². The van der Waals surface area contributed by atoms with Crippen LogP contribution >= 0.6 is 31.9 Å². The lowest BCUT2D eigenvalue weighted by Crippen LogP contribution is -2.20. The van der Waals surface area contributed by atoms with E-state index in [0.717, 1.165) is 22.2 Å². The second-order valence-corrected chi connectivity index (χ2v) is 8.67. The summed E-state index contributed by atoms with van der Waals surface area (Å²) in [6.07, 6.45) is 1.72. The number of hydrogen-bond acceptors (Lipinski definition) is 3. The Morgan fingerprint density at radius 2 is 1.77 bits per heavy atom. The molecular weight excluding hydrogens is 515 g/mol. The predicted octanol–water partition coefficient (Wildman–Crippen LogP) is 6.02. The Morgan fingerprint density at radius 3 is 2.43 bits per heavy atom. The lowest BCUT2D eigenvalue weighted by Gasteiger charge is -2.10. The van der Waals surface area contributed by atoms with E-state index in [2.05, 4.69) is 71.5 Å². The summed E-state index contributed by atoms with van der Waals surface area (Å²) in [5.74, 6) is -0.705. The molecule has 0 saturated heterocycles. The smallest absolute Gasteiger partial charge is 0.246 e. The van der Waals surface area contributed by atoms with Crippen molar-refractivity contribution in [3.8, 4) is 11.1 Å². The zero-order valence-electron chi connectivity index (χ0n) is 16.2. The van der Waals surface area contributed by atoms with E-state index in [-0.39, 0.29) is 12.5 Å². The molecule has 1 amide bonds. The number of aryl methyl sites for hydroxylation is 2. The number of nitrogens with one attached hydrogen (secondary N) is 1. The van der Waals surface area contributed by atoms with Crippen LogP contribution in [0.2, 0.25) is 0 Å². The first-order chi connectivity index (χ1) is 14.3. The number of carbonyl (C=O) groups is 1. The molecule has 0 bridgehead atoms. The van der Waals surface area contributed by atoms with Crippen LogP contribution in [0.4, 0.5) is 10.1 Å². The summed E-state index contributed by atoms with van der Waals surface area (Å²) < 4.78 is 16.0. The van der Waals surface area contributed by atoms with Gasteiger partial charge in [-0.05, 0) is 75.0 Å². The topological polar surface area (TPSA) is 59.8 Å². The molecule has 30 heavy (non-hydrogen) atoms. The van der Waals surface area contributed by atoms with Gasteiger partial charge in [0.05, 0.1) is 11.4 Å². The van der Waals surface area contributed by atoms with Gasteiger partial charge in [-0.1, -0.05) is 29.8 Å². The van der Waals surface area contributed by atoms with E-state index >= 15 is 0 Å². The van der Waals surface area contributed by atoms with Crippen molar-refractivity contribution in [2.24, 2.45) is 0 Å². The first kappa shape index (κ1) is 20.7. The standard InChI is InChI=1S/C22H17Br2FN4O/c1-12-3-5-14(6-4-12)16-7-8-26-22-20(16)13(2)28-29(22)11-19(30)27-21-17(23)9-15(25)10-18(21)24/h3-10H,11H2,1-2H3,(H,27,30). The van der Waals surface area contributed by atoms with Crippen LogP contribution in [0.1, 0.15) is 11.3 Å². The van der Waals surface area contributed by atoms with Crippen LogP contribution in [0, 0.1) is 19.7 Å². The quantitative estimate of drug-likeness (QED) is 0.350. The van der Waals surface area contributed by atoms with E-state index in [4.69, 9.17) is 0 Å². The second kappa shape index (κ2) is 8.28. The number of anilines is 1. The average molecular weight is 532 g/mol. The maximum atomic E-state index is 13.5. The van der Waals surface area contributed by atoms with Gasteiger partial charge in [0, 0.05) is 20.5 Å². The molecule has 0 saturated carbocycles. The van der Waals surface area contributed by atoms with E-state index in [1.807, 2.05) is 19.9 Å². The maximum absolute atomic E-state index is 13.5. The van der Waals surface area contributed by atoms with Crippen LogP contribution in [-0.4, -0.2) is 20.7 Å². The minimum atomic E-state index is -0.409. The highest BCUT2D eigenvalue weighted by Crippen LogP contribution is 2.33. The normalized spacial score (nSPS) is 11.1. The first-order valence-electron chi connectivity index (χ1n) is 9.17. The fraction of sp³-hybridized carbons (Fsp3) is 0.136. The Balaban J connectivity index is 1.67. The molecule has 0 aliphatic rings. The molecule has 2 aromatic carbocycles. The molecule has 0 unspecified atom stereocenters. The Labute approximate surface area is 189 Å². The first-order valence-corrected chi connectivity index (χ1v) is 10.8. The number of nitrogens with zero attached hydrogens (tertiary/aromatic N) is 3. The molecule has 0 spiro atoms. The van der Waals surface area contributed by atoms with Crippen LogP contribution in [-0.2, 0) is 11.3 Å². The van der Waals surface area contributed by atoms with Gasteiger partial charge in [-0.15, -0.1) is 0 Å². The third kappa shape index (κ3) is 4.02. The molecule has 0 atom stereocenters. The number of aromatic nitrogens is 3. The van der Waals surface area contributed by atoms with Crippen LogP contribution in [0.15, 0.2) is 57.6 Å². The third-order valence-corrected chi connectivity index (χ3v) is 5.99. The summed E-state index contributed by atoms with van der Waals surface area (Å²) in [4.78, 5) is 17.1. The highest BCUT2D eigenvalue weighted by atomic mass is 79.9. The van der Waals surface area contributed by atoms with Crippen LogP contribution in [0.5, 0.6) is 0 Å². The molecule has 5 nitrogen and oxygen atoms in total. The van der Waals surface area contributed by atoms with Gasteiger partial charge in [-0.25, -0.2) is 14.1 Å². The Bertz CT molecular complexity index is 1250. The van der Waals surface area contributed by atoms with Crippen molar-refractivity contribution in [3.05, 3.63) is 74.7 Å². The van der Waals surface area contributed by atoms with Gasteiger partial charge in [-0.2, -0.15) is 5.10 Å². The molecule has 152 valence electrons. The van der Waals surface area contributed by atoms with E-state index in [1.54, 1.807) is 10.9 Å². The predicted molar refractivity (Wildman–Crippen MR) is 123 cm³/mol. The number of pyridine rings is 1. The van der Waals surface area contributed by atoms with Gasteiger partial charge in [0.15, 0.2) is 5.65 Å². The lowest BCUT2D eigenvalue weighted by molar-refractivity contribution is -0.116. The lowest BCUT2D eigenvalue weighted by atomic mass is 10.0. The average Bonchev–Trinajstić information content (AvgIpc) is 3.01. The van der Waals surface area contributed by atoms with Crippen LogP contribution in [0.25, 0.3) is 22.2 Å². The largest absolute Gasteiger partial charge is 0.323 e. The number of benzene rings is 2. The molecular formula is C22H17Br2FN4O. The maximum Gasteiger partial charge on any atom is 0.246 e. The molecule has 0 aliphatic heterocycles. The molecule has 0 fully saturated rings. The number of hydrogen-bond donors (Lipinski definition) is 1. The number of carbonyl (C=O) groups excluding carboxylic acids is 1. The van der Waals surface area contributed by atoms with Gasteiger partial charge in [0.2, 0.25) is 5.91 Å². The monoisotopic (exact) mass is 530 g/mol. The second-order valence-electron chi connectivity index (χ2n) is 6.96. The van der Waals surface area contributed by atoms with Crippen LogP contribution < -0.4 is 5.32 Å². The molecule has 0 aliphatic carbocycles. The number of rotatable bonds is 4. The summed E-state index contributed by atoms with van der Waals surface area (Å²) >= 11 is 6.55. The fourth-order valence-corrected chi connectivity index (χ4v) is 4.67. The van der Waals surface area contributed by atoms with Gasteiger partial charge in [0.1, 0.15) is 12.4 Å². The molecule has 1 N–H and O–H groups in total. The van der Waals surface area contributed by atoms with E-state index in [0.29, 0.717) is 20.3 Å². The number of halogens is 3. The zero-order chi connectivity index (χ0) is 21.4. The van der Waals surface area contributed by atoms with E-state index in [1.165, 1.54) is 17.7 Å². The van der Waals surface area contributed by atoms with Crippen molar-refractivity contribution in [3.63, 3.8) is 0 Å². The van der Waals surface area contributed by atoms with Gasteiger partial charge in [-0.3, -0.25) is 4.79 Å². The van der Waals surface area contributed by atoms with Crippen molar-refractivity contribution in [2.45, 2.75) is 20.4 Å². The molecule has 4 rings (SSSR count). The molecule has 2 heterocycles. The van der Waals surface area contributed by atoms with Crippen molar-refractivity contribution >= 4 is 54.5 Å². The Kier molecular flexibility index (Phi) is 5.71.